The van der Waals surface area contributed by atoms with Crippen LogP contribution in [-0.2, 0) is 4.79 Å². The van der Waals surface area contributed by atoms with Gasteiger partial charge in [-0.25, -0.2) is 9.40 Å². The number of hydrogen-bond acceptors (Lipinski definition) is 4. The number of anilines is 1. The number of nitrogens with zero attached hydrogens (tertiary/aromatic N) is 3. The number of carbonyl (C=O) groups excluding carboxylic acids is 1. The average Bonchev–Trinajstić information content (AvgIpc) is 3.06. The first-order valence-corrected chi connectivity index (χ1v) is 10.8. The first-order chi connectivity index (χ1) is 14.4. The summed E-state index contributed by atoms with van der Waals surface area (Å²) in [4.78, 5) is 13.0. The summed E-state index contributed by atoms with van der Waals surface area (Å²) in [5.41, 5.74) is 4.90. The van der Waals surface area contributed by atoms with E-state index in [0.29, 0.717) is 21.4 Å². The van der Waals surface area contributed by atoms with Crippen LogP contribution in [0.5, 0.6) is 0 Å². The summed E-state index contributed by atoms with van der Waals surface area (Å²) in [5, 5.41) is 9.30. The van der Waals surface area contributed by atoms with Gasteiger partial charge in [-0.15, -0.1) is 12.4 Å². The van der Waals surface area contributed by atoms with Gasteiger partial charge in [0.2, 0.25) is 0 Å². The van der Waals surface area contributed by atoms with E-state index in [1.165, 1.54) is 18.6 Å². The van der Waals surface area contributed by atoms with Crippen molar-refractivity contribution in [2.24, 2.45) is 11.0 Å². The largest absolute Gasteiger partial charge is 0.284 e. The predicted molar refractivity (Wildman–Crippen MR) is 125 cm³/mol. The van der Waals surface area contributed by atoms with Crippen LogP contribution in [0.1, 0.15) is 37.8 Å². The molecule has 2 aliphatic rings. The molecule has 0 unspecified atom stereocenters. The molecule has 0 saturated carbocycles. The topological polar surface area (TPSA) is 47.9 Å². The van der Waals surface area contributed by atoms with Gasteiger partial charge in [0.25, 0.3) is 5.91 Å². The standard InChI is InChI=1S/C22H23Cl2FN4O.ClH/c1-14-20(22(30)27-28-11-3-2-4-12-28)26-29(19-10-7-16(23)13-18(19)24)21(14)15-5-8-17(25)9-6-15;/h5-10,13-14,21H,2-4,11-12H2,1H3,(H,27,30);1H/t14-,21+;/m1./s1. The molecule has 1 amide bonds. The summed E-state index contributed by atoms with van der Waals surface area (Å²) in [5.74, 6) is -0.763. The van der Waals surface area contributed by atoms with E-state index in [9.17, 15) is 9.18 Å². The van der Waals surface area contributed by atoms with Crippen LogP contribution in [0.3, 0.4) is 0 Å². The maximum Gasteiger partial charge on any atom is 0.282 e. The van der Waals surface area contributed by atoms with Crippen molar-refractivity contribution in [3.8, 4) is 0 Å². The van der Waals surface area contributed by atoms with Gasteiger partial charge >= 0.3 is 0 Å². The zero-order chi connectivity index (χ0) is 21.3. The fourth-order valence-electron chi connectivity index (χ4n) is 4.05. The van der Waals surface area contributed by atoms with Crippen molar-refractivity contribution in [1.82, 2.24) is 10.4 Å². The third-order valence-corrected chi connectivity index (χ3v) is 6.14. The Hall–Kier alpha value is -1.86. The van der Waals surface area contributed by atoms with Crippen molar-refractivity contribution in [2.75, 3.05) is 18.1 Å². The molecule has 1 fully saturated rings. The summed E-state index contributed by atoms with van der Waals surface area (Å²) in [6.45, 7) is 3.62. The summed E-state index contributed by atoms with van der Waals surface area (Å²) in [6.07, 6.45) is 3.30. The van der Waals surface area contributed by atoms with E-state index in [2.05, 4.69) is 10.5 Å². The monoisotopic (exact) mass is 484 g/mol. The molecule has 31 heavy (non-hydrogen) atoms. The molecule has 0 radical (unpaired) electrons. The minimum Gasteiger partial charge on any atom is -0.284 e. The highest BCUT2D eigenvalue weighted by Gasteiger charge is 2.40. The van der Waals surface area contributed by atoms with Gasteiger partial charge in [-0.05, 0) is 48.7 Å². The quantitative estimate of drug-likeness (QED) is 0.611. The van der Waals surface area contributed by atoms with Crippen LogP contribution in [0, 0.1) is 11.7 Å². The molecule has 0 aromatic heterocycles. The van der Waals surface area contributed by atoms with E-state index in [4.69, 9.17) is 23.2 Å². The van der Waals surface area contributed by atoms with Crippen LogP contribution in [0.4, 0.5) is 10.1 Å². The third-order valence-electron chi connectivity index (χ3n) is 5.60. The van der Waals surface area contributed by atoms with Gasteiger partial charge in [-0.3, -0.25) is 15.2 Å². The molecule has 0 aliphatic carbocycles. The molecular weight excluding hydrogens is 462 g/mol. The number of benzene rings is 2. The molecule has 2 aromatic rings. The minimum absolute atomic E-state index is 0. The molecule has 0 spiro atoms. The van der Waals surface area contributed by atoms with Gasteiger partial charge in [-0.2, -0.15) is 5.10 Å². The number of hydrogen-bond donors (Lipinski definition) is 1. The van der Waals surface area contributed by atoms with E-state index in [1.54, 1.807) is 35.3 Å². The van der Waals surface area contributed by atoms with Crippen molar-refractivity contribution < 1.29 is 9.18 Å². The fraction of sp³-hybridized carbons (Fsp3) is 0.364. The minimum atomic E-state index is -0.315. The molecule has 4 rings (SSSR count). The number of rotatable bonds is 4. The molecule has 166 valence electrons. The Balaban J connectivity index is 0.00000272. The second-order valence-electron chi connectivity index (χ2n) is 7.70. The number of carbonyl (C=O) groups is 1. The molecule has 2 atom stereocenters. The summed E-state index contributed by atoms with van der Waals surface area (Å²) in [7, 11) is 0. The van der Waals surface area contributed by atoms with Crippen LogP contribution < -0.4 is 10.4 Å². The SMILES string of the molecule is C[C@@H]1C(C(=O)NN2CCCCC2)=NN(c2ccc(Cl)cc2Cl)[C@@H]1c1ccc(F)cc1.Cl. The van der Waals surface area contributed by atoms with E-state index >= 15 is 0 Å². The summed E-state index contributed by atoms with van der Waals surface area (Å²) >= 11 is 12.5. The molecule has 9 heteroatoms. The first kappa shape index (κ1) is 23.8. The Labute approximate surface area is 197 Å². The number of hydrazone groups is 1. The second-order valence-corrected chi connectivity index (χ2v) is 8.54. The summed E-state index contributed by atoms with van der Waals surface area (Å²) < 4.78 is 13.5. The Kier molecular flexibility index (Phi) is 7.81. The molecule has 5 nitrogen and oxygen atoms in total. The zero-order valence-corrected chi connectivity index (χ0v) is 19.4. The van der Waals surface area contributed by atoms with Crippen LogP contribution in [-0.4, -0.2) is 29.7 Å². The third kappa shape index (κ3) is 5.14. The normalized spacial score (nSPS) is 21.4. The Morgan fingerprint density at radius 1 is 1.10 bits per heavy atom. The van der Waals surface area contributed by atoms with E-state index in [0.717, 1.165) is 31.5 Å². The number of nitrogens with one attached hydrogen (secondary N) is 1. The Morgan fingerprint density at radius 3 is 2.42 bits per heavy atom. The molecule has 1 N–H and O–H groups in total. The Morgan fingerprint density at radius 2 is 1.77 bits per heavy atom. The maximum absolute atomic E-state index is 13.5. The van der Waals surface area contributed by atoms with Gasteiger partial charge in [0.15, 0.2) is 0 Å². The van der Waals surface area contributed by atoms with E-state index < -0.39 is 0 Å². The van der Waals surface area contributed by atoms with Crippen molar-refractivity contribution in [3.05, 3.63) is 63.9 Å². The molecule has 2 aliphatic heterocycles. The van der Waals surface area contributed by atoms with Crippen LogP contribution >= 0.6 is 35.6 Å². The molecular formula is C22H24Cl3FN4O. The lowest BCUT2D eigenvalue weighted by Gasteiger charge is -2.28. The van der Waals surface area contributed by atoms with Crippen LogP contribution in [0.2, 0.25) is 10.0 Å². The second kappa shape index (κ2) is 10.2. The number of piperidine rings is 1. The van der Waals surface area contributed by atoms with Gasteiger partial charge in [0.1, 0.15) is 11.5 Å². The van der Waals surface area contributed by atoms with Gasteiger partial charge in [0.05, 0.1) is 16.8 Å². The smallest absolute Gasteiger partial charge is 0.282 e. The maximum atomic E-state index is 13.5. The van der Waals surface area contributed by atoms with E-state index in [-0.39, 0.29) is 36.1 Å². The van der Waals surface area contributed by atoms with Gasteiger partial charge in [-0.1, -0.05) is 48.7 Å². The van der Waals surface area contributed by atoms with Crippen molar-refractivity contribution in [3.63, 3.8) is 0 Å². The fourth-order valence-corrected chi connectivity index (χ4v) is 4.55. The predicted octanol–water partition coefficient (Wildman–Crippen LogP) is 5.62. The van der Waals surface area contributed by atoms with Crippen LogP contribution in [0.15, 0.2) is 47.6 Å². The van der Waals surface area contributed by atoms with E-state index in [1.807, 2.05) is 11.9 Å². The highest BCUT2D eigenvalue weighted by molar-refractivity contribution is 6.41. The van der Waals surface area contributed by atoms with Gasteiger partial charge in [0, 0.05) is 24.0 Å². The summed E-state index contributed by atoms with van der Waals surface area (Å²) in [6, 6.07) is 11.1. The highest BCUT2D eigenvalue weighted by atomic mass is 35.5. The molecule has 2 aromatic carbocycles. The molecule has 2 heterocycles. The number of halogens is 4. The lowest BCUT2D eigenvalue weighted by atomic mass is 9.91. The Bertz CT molecular complexity index is 964. The van der Waals surface area contributed by atoms with Crippen molar-refractivity contribution in [1.29, 1.82) is 0 Å². The lowest BCUT2D eigenvalue weighted by molar-refractivity contribution is -0.120. The number of amides is 1. The highest BCUT2D eigenvalue weighted by Crippen LogP contribution is 2.42. The van der Waals surface area contributed by atoms with Gasteiger partial charge < -0.3 is 0 Å². The molecule has 0 bridgehead atoms. The lowest BCUT2D eigenvalue weighted by Crippen LogP contribution is -2.48. The van der Waals surface area contributed by atoms with Crippen molar-refractivity contribution in [2.45, 2.75) is 32.2 Å². The number of hydrazine groups is 1. The van der Waals surface area contributed by atoms with Crippen molar-refractivity contribution >= 4 is 52.9 Å². The average molecular weight is 486 g/mol. The zero-order valence-electron chi connectivity index (χ0n) is 17.0. The van der Waals surface area contributed by atoms with Crippen LogP contribution in [0.25, 0.3) is 0 Å². The molecule has 1 saturated heterocycles. The first-order valence-electron chi connectivity index (χ1n) is 10.1.